The molecule has 0 aliphatic rings. The summed E-state index contributed by atoms with van der Waals surface area (Å²) >= 11 is 1.06. The third-order valence-corrected chi connectivity index (χ3v) is 2.61. The van der Waals surface area contributed by atoms with Crippen LogP contribution < -0.4 is 4.74 Å². The third-order valence-electron chi connectivity index (χ3n) is 1.83. The molecule has 0 aromatic carbocycles. The Balaban J connectivity index is 3.40. The van der Waals surface area contributed by atoms with E-state index in [1.807, 2.05) is 0 Å². The molecule has 0 aliphatic carbocycles. The summed E-state index contributed by atoms with van der Waals surface area (Å²) in [5, 5.41) is 8.48. The number of rotatable bonds is 3. The molecule has 112 valence electrons. The van der Waals surface area contributed by atoms with E-state index < -0.39 is 45.6 Å². The number of pyridine rings is 1. The molecule has 1 heterocycles. The molecular formula is C9H4F6INO3. The first-order valence-electron chi connectivity index (χ1n) is 4.64. The van der Waals surface area contributed by atoms with E-state index in [0.29, 0.717) is 6.07 Å². The summed E-state index contributed by atoms with van der Waals surface area (Å²) in [6, 6.07) is 0.312. The van der Waals surface area contributed by atoms with Crippen LogP contribution >= 0.6 is 22.6 Å². The van der Waals surface area contributed by atoms with Crippen molar-refractivity contribution in [2.24, 2.45) is 0 Å². The van der Waals surface area contributed by atoms with Gasteiger partial charge in [0.25, 0.3) is 0 Å². The van der Waals surface area contributed by atoms with Gasteiger partial charge >= 0.3 is 18.5 Å². The summed E-state index contributed by atoms with van der Waals surface area (Å²) < 4.78 is 76.8. The van der Waals surface area contributed by atoms with E-state index in [0.717, 1.165) is 22.6 Å². The van der Waals surface area contributed by atoms with Crippen LogP contribution in [0.4, 0.5) is 26.3 Å². The number of hydrogen-bond donors (Lipinski definition) is 1. The van der Waals surface area contributed by atoms with E-state index in [1.54, 1.807) is 0 Å². The molecule has 0 bridgehead atoms. The number of aliphatic carboxylic acids is 1. The predicted octanol–water partition coefficient (Wildman–Crippen LogP) is 3.23. The lowest BCUT2D eigenvalue weighted by Gasteiger charge is -2.17. The SMILES string of the molecule is O=C(O)Cc1cc(OC(F)(F)F)c(C(F)(F)F)c(I)n1. The normalized spacial score (nSPS) is 12.3. The molecule has 0 atom stereocenters. The maximum atomic E-state index is 12.7. The molecule has 1 rings (SSSR count). The molecule has 4 nitrogen and oxygen atoms in total. The first-order chi connectivity index (χ1) is 8.90. The molecule has 0 saturated carbocycles. The third kappa shape index (κ3) is 4.68. The second-order valence-corrected chi connectivity index (χ2v) is 4.42. The quantitative estimate of drug-likeness (QED) is 0.468. The number of carboxylic acid groups (broad SMARTS) is 1. The molecule has 0 radical (unpaired) electrons. The zero-order chi connectivity index (χ0) is 15.7. The fourth-order valence-corrected chi connectivity index (χ4v) is 2.13. The van der Waals surface area contributed by atoms with E-state index >= 15 is 0 Å². The zero-order valence-corrected chi connectivity index (χ0v) is 11.3. The fraction of sp³-hybridized carbons (Fsp3) is 0.333. The highest BCUT2D eigenvalue weighted by Gasteiger charge is 2.42. The molecule has 0 aliphatic heterocycles. The molecule has 0 saturated heterocycles. The van der Waals surface area contributed by atoms with Crippen molar-refractivity contribution in [3.8, 4) is 5.75 Å². The number of carboxylic acids is 1. The van der Waals surface area contributed by atoms with Crippen molar-refractivity contribution < 1.29 is 41.0 Å². The van der Waals surface area contributed by atoms with Gasteiger partial charge in [-0.25, -0.2) is 4.98 Å². The summed E-state index contributed by atoms with van der Waals surface area (Å²) in [6.45, 7) is 0. The fourth-order valence-electron chi connectivity index (χ4n) is 1.25. The first kappa shape index (κ1) is 16.8. The molecule has 0 amide bonds. The van der Waals surface area contributed by atoms with Gasteiger partial charge in [0.05, 0.1) is 12.1 Å². The van der Waals surface area contributed by atoms with Crippen LogP contribution in [0.1, 0.15) is 11.3 Å². The standard InChI is InChI=1S/C9H4F6INO3/c10-8(11,12)6-4(20-9(13,14)15)1-3(2-5(18)19)17-7(6)16/h1H,2H2,(H,18,19). The smallest absolute Gasteiger partial charge is 0.481 e. The number of aromatic nitrogens is 1. The topological polar surface area (TPSA) is 59.4 Å². The Hall–Kier alpha value is -1.27. The molecule has 20 heavy (non-hydrogen) atoms. The highest BCUT2D eigenvalue weighted by Crippen LogP contribution is 2.40. The number of ether oxygens (including phenoxy) is 1. The van der Waals surface area contributed by atoms with E-state index in [1.165, 1.54) is 0 Å². The summed E-state index contributed by atoms with van der Waals surface area (Å²) in [5.74, 6) is -2.98. The summed E-state index contributed by atoms with van der Waals surface area (Å²) in [7, 11) is 0. The van der Waals surface area contributed by atoms with Crippen molar-refractivity contribution in [2.75, 3.05) is 0 Å². The van der Waals surface area contributed by atoms with Gasteiger partial charge in [0.15, 0.2) is 0 Å². The lowest BCUT2D eigenvalue weighted by Crippen LogP contribution is -2.22. The van der Waals surface area contributed by atoms with Crippen LogP contribution in [-0.4, -0.2) is 22.4 Å². The van der Waals surface area contributed by atoms with E-state index in [2.05, 4.69) is 9.72 Å². The Morgan fingerprint density at radius 2 is 1.85 bits per heavy atom. The van der Waals surface area contributed by atoms with Crippen molar-refractivity contribution in [1.82, 2.24) is 4.98 Å². The van der Waals surface area contributed by atoms with Crippen LogP contribution in [0.15, 0.2) is 6.07 Å². The van der Waals surface area contributed by atoms with Crippen LogP contribution in [-0.2, 0) is 17.4 Å². The van der Waals surface area contributed by atoms with Crippen molar-refractivity contribution in [3.63, 3.8) is 0 Å². The largest absolute Gasteiger partial charge is 0.573 e. The molecule has 1 N–H and O–H groups in total. The molecule has 1 aromatic heterocycles. The average Bonchev–Trinajstić information content (AvgIpc) is 2.08. The summed E-state index contributed by atoms with van der Waals surface area (Å²) in [4.78, 5) is 13.7. The molecule has 0 spiro atoms. The molecule has 11 heteroatoms. The van der Waals surface area contributed by atoms with E-state index in [-0.39, 0.29) is 0 Å². The molecular weight excluding hydrogens is 411 g/mol. The van der Waals surface area contributed by atoms with Gasteiger partial charge in [0, 0.05) is 6.07 Å². The monoisotopic (exact) mass is 415 g/mol. The highest BCUT2D eigenvalue weighted by molar-refractivity contribution is 14.1. The first-order valence-corrected chi connectivity index (χ1v) is 5.72. The van der Waals surface area contributed by atoms with E-state index in [4.69, 9.17) is 5.11 Å². The zero-order valence-electron chi connectivity index (χ0n) is 9.14. The van der Waals surface area contributed by atoms with Crippen LogP contribution in [0.2, 0.25) is 0 Å². The number of nitrogens with zero attached hydrogens (tertiary/aromatic N) is 1. The van der Waals surface area contributed by atoms with Crippen LogP contribution in [0.5, 0.6) is 5.75 Å². The van der Waals surface area contributed by atoms with Crippen LogP contribution in [0.25, 0.3) is 0 Å². The van der Waals surface area contributed by atoms with Gasteiger partial charge in [0.1, 0.15) is 15.0 Å². The van der Waals surface area contributed by atoms with Crippen molar-refractivity contribution >= 4 is 28.6 Å². The maximum Gasteiger partial charge on any atom is 0.573 e. The summed E-state index contributed by atoms with van der Waals surface area (Å²) in [6.07, 6.45) is -11.3. The van der Waals surface area contributed by atoms with Crippen LogP contribution in [0.3, 0.4) is 0 Å². The van der Waals surface area contributed by atoms with Crippen molar-refractivity contribution in [3.05, 3.63) is 21.0 Å². The minimum absolute atomic E-state index is 0.312. The van der Waals surface area contributed by atoms with Gasteiger partial charge in [0.2, 0.25) is 0 Å². The lowest BCUT2D eigenvalue weighted by molar-refractivity contribution is -0.276. The van der Waals surface area contributed by atoms with Gasteiger partial charge in [-0.05, 0) is 22.6 Å². The van der Waals surface area contributed by atoms with Crippen molar-refractivity contribution in [1.29, 1.82) is 0 Å². The maximum absolute atomic E-state index is 12.7. The second kappa shape index (κ2) is 5.61. The Bertz CT molecular complexity index is 528. The van der Waals surface area contributed by atoms with Crippen LogP contribution in [0, 0.1) is 3.70 Å². The number of carbonyl (C=O) groups is 1. The second-order valence-electron chi connectivity index (χ2n) is 3.39. The van der Waals surface area contributed by atoms with Gasteiger partial charge < -0.3 is 9.84 Å². The Morgan fingerprint density at radius 3 is 2.25 bits per heavy atom. The molecule has 1 aromatic rings. The van der Waals surface area contributed by atoms with Gasteiger partial charge in [-0.2, -0.15) is 13.2 Å². The minimum atomic E-state index is -5.34. The average molecular weight is 415 g/mol. The Labute approximate surface area is 120 Å². The predicted molar refractivity (Wildman–Crippen MR) is 60.0 cm³/mol. The molecule has 0 unspecified atom stereocenters. The van der Waals surface area contributed by atoms with Gasteiger partial charge in [-0.1, -0.05) is 0 Å². The summed E-state index contributed by atoms with van der Waals surface area (Å²) in [5.41, 5.74) is -2.18. The van der Waals surface area contributed by atoms with E-state index in [9.17, 15) is 31.1 Å². The lowest BCUT2D eigenvalue weighted by atomic mass is 10.2. The number of hydrogen-bond acceptors (Lipinski definition) is 3. The highest BCUT2D eigenvalue weighted by atomic mass is 127. The minimum Gasteiger partial charge on any atom is -0.481 e. The Kier molecular flexibility index (Phi) is 4.71. The number of halogens is 7. The molecule has 0 fully saturated rings. The van der Waals surface area contributed by atoms with Gasteiger partial charge in [-0.3, -0.25) is 4.79 Å². The van der Waals surface area contributed by atoms with Crippen molar-refractivity contribution in [2.45, 2.75) is 19.0 Å². The van der Waals surface area contributed by atoms with Gasteiger partial charge in [-0.15, -0.1) is 13.2 Å². The number of alkyl halides is 6. The Morgan fingerprint density at radius 1 is 1.30 bits per heavy atom.